The number of nitrogens with two attached hydrogens (primary N) is 1. The molecule has 0 atom stereocenters. The number of hydrogen-bond donors (Lipinski definition) is 3. The maximum absolute atomic E-state index is 8.54. The number of rotatable bonds is 1. The van der Waals surface area contributed by atoms with Gasteiger partial charge in [-0.2, -0.15) is 4.98 Å². The molecule has 0 bridgehead atoms. The van der Waals surface area contributed by atoms with E-state index in [0.717, 1.165) is 6.26 Å². The average molecular weight is 127 g/mol. The molecule has 0 amide bonds. The molecular formula is C4H5N3O2. The number of aromatic nitrogens is 1. The van der Waals surface area contributed by atoms with Crippen LogP contribution in [0, 0.1) is 5.41 Å². The third-order valence-electron chi connectivity index (χ3n) is 0.722. The van der Waals surface area contributed by atoms with Gasteiger partial charge in [-0.15, -0.1) is 0 Å². The van der Waals surface area contributed by atoms with E-state index in [4.69, 9.17) is 16.2 Å². The minimum Gasteiger partial charge on any atom is -0.491 e. The van der Waals surface area contributed by atoms with Crippen LogP contribution in [0.2, 0.25) is 0 Å². The molecular weight excluding hydrogens is 122 g/mol. The van der Waals surface area contributed by atoms with Gasteiger partial charge < -0.3 is 15.3 Å². The van der Waals surface area contributed by atoms with Crippen molar-refractivity contribution in [3.8, 4) is 5.88 Å². The zero-order chi connectivity index (χ0) is 6.85. The molecule has 1 heterocycles. The van der Waals surface area contributed by atoms with E-state index in [0.29, 0.717) is 0 Å². The second kappa shape index (κ2) is 1.77. The minimum atomic E-state index is -0.296. The summed E-state index contributed by atoms with van der Waals surface area (Å²) in [6.45, 7) is 0. The SMILES string of the molecule is N=C(N)c1nc(O)co1. The van der Waals surface area contributed by atoms with Crippen molar-refractivity contribution in [3.63, 3.8) is 0 Å². The molecule has 1 aromatic rings. The molecule has 0 saturated carbocycles. The van der Waals surface area contributed by atoms with E-state index in [1.54, 1.807) is 0 Å². The van der Waals surface area contributed by atoms with Gasteiger partial charge in [-0.1, -0.05) is 0 Å². The second-order valence-corrected chi connectivity index (χ2v) is 1.42. The normalized spacial score (nSPS) is 9.33. The highest BCUT2D eigenvalue weighted by Gasteiger charge is 2.02. The summed E-state index contributed by atoms with van der Waals surface area (Å²) in [6, 6.07) is 0. The summed E-state index contributed by atoms with van der Waals surface area (Å²) < 4.78 is 4.52. The van der Waals surface area contributed by atoms with Crippen molar-refractivity contribution in [1.29, 1.82) is 5.41 Å². The van der Waals surface area contributed by atoms with Crippen LogP contribution in [0.5, 0.6) is 5.88 Å². The summed E-state index contributed by atoms with van der Waals surface area (Å²) in [6.07, 6.45) is 1.01. The quantitative estimate of drug-likeness (QED) is 0.355. The Bertz CT molecular complexity index is 229. The maximum Gasteiger partial charge on any atom is 0.265 e. The van der Waals surface area contributed by atoms with Crippen molar-refractivity contribution in [2.45, 2.75) is 0 Å². The molecule has 1 aromatic heterocycles. The number of aromatic hydroxyl groups is 1. The lowest BCUT2D eigenvalue weighted by atomic mass is 10.6. The summed E-state index contributed by atoms with van der Waals surface area (Å²) >= 11 is 0. The molecule has 0 aliphatic rings. The van der Waals surface area contributed by atoms with Gasteiger partial charge in [-0.3, -0.25) is 5.41 Å². The Morgan fingerprint density at radius 2 is 2.56 bits per heavy atom. The van der Waals surface area contributed by atoms with Crippen LogP contribution < -0.4 is 5.73 Å². The van der Waals surface area contributed by atoms with Crippen molar-refractivity contribution < 1.29 is 9.52 Å². The summed E-state index contributed by atoms with van der Waals surface area (Å²) in [5, 5.41) is 15.3. The number of amidine groups is 1. The van der Waals surface area contributed by atoms with Crippen molar-refractivity contribution in [2.75, 3.05) is 0 Å². The van der Waals surface area contributed by atoms with Gasteiger partial charge >= 0.3 is 0 Å². The minimum absolute atomic E-state index is 0.0625. The van der Waals surface area contributed by atoms with Crippen LogP contribution in [0.25, 0.3) is 0 Å². The van der Waals surface area contributed by atoms with E-state index in [9.17, 15) is 0 Å². The van der Waals surface area contributed by atoms with Crippen LogP contribution in [-0.4, -0.2) is 15.9 Å². The van der Waals surface area contributed by atoms with Crippen LogP contribution in [0.15, 0.2) is 10.7 Å². The number of nitrogens with zero attached hydrogens (tertiary/aromatic N) is 1. The second-order valence-electron chi connectivity index (χ2n) is 1.42. The van der Waals surface area contributed by atoms with Crippen LogP contribution in [0.3, 0.4) is 0 Å². The lowest BCUT2D eigenvalue weighted by Crippen LogP contribution is -2.10. The Labute approximate surface area is 50.6 Å². The van der Waals surface area contributed by atoms with Crippen molar-refractivity contribution in [3.05, 3.63) is 12.2 Å². The predicted molar refractivity (Wildman–Crippen MR) is 29.2 cm³/mol. The van der Waals surface area contributed by atoms with E-state index in [2.05, 4.69) is 9.40 Å². The Balaban J connectivity index is 2.98. The molecule has 0 fully saturated rings. The van der Waals surface area contributed by atoms with Crippen molar-refractivity contribution in [1.82, 2.24) is 4.98 Å². The third kappa shape index (κ3) is 0.987. The van der Waals surface area contributed by atoms with E-state index in [1.165, 1.54) is 0 Å². The first-order valence-corrected chi connectivity index (χ1v) is 2.19. The standard InChI is InChI=1S/C4H5N3O2/c5-3(6)4-7-2(8)1-9-4/h1,8H,(H3,5,6). The predicted octanol–water partition coefficient (Wildman–Crippen LogP) is -0.336. The molecule has 0 aromatic carbocycles. The van der Waals surface area contributed by atoms with Gasteiger partial charge in [0.1, 0.15) is 0 Å². The highest BCUT2D eigenvalue weighted by atomic mass is 16.4. The van der Waals surface area contributed by atoms with Crippen LogP contribution in [-0.2, 0) is 0 Å². The molecule has 5 nitrogen and oxygen atoms in total. The van der Waals surface area contributed by atoms with E-state index >= 15 is 0 Å². The molecule has 4 N–H and O–H groups in total. The molecule has 1 rings (SSSR count). The first-order chi connectivity index (χ1) is 4.20. The molecule has 0 aliphatic carbocycles. The molecule has 9 heavy (non-hydrogen) atoms. The van der Waals surface area contributed by atoms with Crippen molar-refractivity contribution in [2.24, 2.45) is 5.73 Å². The Morgan fingerprint density at radius 3 is 2.78 bits per heavy atom. The number of oxazole rings is 1. The molecule has 48 valence electrons. The summed E-state index contributed by atoms with van der Waals surface area (Å²) in [4.78, 5) is 3.35. The Morgan fingerprint density at radius 1 is 1.89 bits per heavy atom. The molecule has 5 heteroatoms. The van der Waals surface area contributed by atoms with Crippen LogP contribution in [0.4, 0.5) is 0 Å². The lowest BCUT2D eigenvalue weighted by molar-refractivity contribution is 0.448. The molecule has 0 unspecified atom stereocenters. The van der Waals surface area contributed by atoms with E-state index in [-0.39, 0.29) is 17.6 Å². The largest absolute Gasteiger partial charge is 0.491 e. The average Bonchev–Trinajstić information content (AvgIpc) is 2.14. The maximum atomic E-state index is 8.54. The zero-order valence-electron chi connectivity index (χ0n) is 4.46. The Kier molecular flexibility index (Phi) is 1.11. The first-order valence-electron chi connectivity index (χ1n) is 2.19. The Hall–Kier alpha value is -1.52. The fourth-order valence-electron chi connectivity index (χ4n) is 0.389. The summed E-state index contributed by atoms with van der Waals surface area (Å²) in [5.74, 6) is -0.622. The van der Waals surface area contributed by atoms with E-state index in [1.807, 2.05) is 0 Å². The topological polar surface area (TPSA) is 96.1 Å². The van der Waals surface area contributed by atoms with E-state index < -0.39 is 0 Å². The van der Waals surface area contributed by atoms with Gasteiger partial charge in [-0.05, 0) is 0 Å². The monoisotopic (exact) mass is 127 g/mol. The third-order valence-corrected chi connectivity index (χ3v) is 0.722. The van der Waals surface area contributed by atoms with Gasteiger partial charge in [0.15, 0.2) is 12.1 Å². The van der Waals surface area contributed by atoms with Crippen LogP contribution in [0.1, 0.15) is 5.89 Å². The molecule has 0 saturated heterocycles. The zero-order valence-corrected chi connectivity index (χ0v) is 4.46. The van der Waals surface area contributed by atoms with Gasteiger partial charge in [0, 0.05) is 0 Å². The number of nitrogen functional groups attached to an aromatic ring is 1. The highest BCUT2D eigenvalue weighted by molar-refractivity contribution is 5.90. The molecule has 0 aliphatic heterocycles. The summed E-state index contributed by atoms with van der Waals surface area (Å²) in [5.41, 5.74) is 4.94. The highest BCUT2D eigenvalue weighted by Crippen LogP contribution is 2.05. The van der Waals surface area contributed by atoms with Gasteiger partial charge in [0.25, 0.3) is 11.8 Å². The number of nitrogens with one attached hydrogen (secondary N) is 1. The fourth-order valence-corrected chi connectivity index (χ4v) is 0.389. The first kappa shape index (κ1) is 5.61. The lowest BCUT2D eigenvalue weighted by Gasteiger charge is -1.82. The van der Waals surface area contributed by atoms with Gasteiger partial charge in [0.05, 0.1) is 0 Å². The number of hydrogen-bond acceptors (Lipinski definition) is 4. The summed E-state index contributed by atoms with van der Waals surface area (Å²) in [7, 11) is 0. The van der Waals surface area contributed by atoms with Gasteiger partial charge in [-0.25, -0.2) is 0 Å². The van der Waals surface area contributed by atoms with Gasteiger partial charge in [0.2, 0.25) is 0 Å². The molecule has 0 radical (unpaired) electrons. The van der Waals surface area contributed by atoms with Crippen LogP contribution >= 0.6 is 0 Å². The van der Waals surface area contributed by atoms with Crippen molar-refractivity contribution >= 4 is 5.84 Å². The fraction of sp³-hybridized carbons (Fsp3) is 0. The smallest absolute Gasteiger partial charge is 0.265 e. The molecule has 0 spiro atoms.